The number of aromatic amines is 1. The molecule has 30 heavy (non-hydrogen) atoms. The van der Waals surface area contributed by atoms with Crippen molar-refractivity contribution in [2.24, 2.45) is 0 Å². The maximum Gasteiger partial charge on any atom is 0.285 e. The average molecular weight is 410 g/mol. The first-order valence-electron chi connectivity index (χ1n) is 9.74. The van der Waals surface area contributed by atoms with Gasteiger partial charge in [-0.25, -0.2) is 0 Å². The van der Waals surface area contributed by atoms with Crippen LogP contribution in [-0.4, -0.2) is 45.5 Å². The van der Waals surface area contributed by atoms with Gasteiger partial charge in [0.25, 0.3) is 11.2 Å². The van der Waals surface area contributed by atoms with Crippen molar-refractivity contribution >= 4 is 22.5 Å². The molecule has 1 N–H and O–H groups in total. The molecule has 4 rings (SSSR count). The van der Waals surface area contributed by atoms with Crippen LogP contribution in [0.1, 0.15) is 24.3 Å². The number of benzene rings is 1. The van der Waals surface area contributed by atoms with Gasteiger partial charge in [0.1, 0.15) is 12.3 Å². The second-order valence-corrected chi connectivity index (χ2v) is 7.42. The minimum atomic E-state index is -0.581. The largest absolute Gasteiger partial charge is 0.497 e. The summed E-state index contributed by atoms with van der Waals surface area (Å²) in [5.41, 5.74) is 1.62. The average Bonchev–Trinajstić information content (AvgIpc) is 3.18. The zero-order valence-corrected chi connectivity index (χ0v) is 16.5. The van der Waals surface area contributed by atoms with Crippen LogP contribution in [0.5, 0.6) is 5.75 Å². The molecular weight excluding hydrogens is 388 g/mol. The Kier molecular flexibility index (Phi) is 5.26. The zero-order chi connectivity index (χ0) is 21.3. The summed E-state index contributed by atoms with van der Waals surface area (Å²) >= 11 is 0. The van der Waals surface area contributed by atoms with Crippen LogP contribution in [0, 0.1) is 10.1 Å². The highest BCUT2D eigenvalue weighted by atomic mass is 16.6. The lowest BCUT2D eigenvalue weighted by Gasteiger charge is -2.32. The van der Waals surface area contributed by atoms with E-state index in [1.807, 2.05) is 24.4 Å². The van der Waals surface area contributed by atoms with Crippen molar-refractivity contribution in [2.75, 3.05) is 20.2 Å². The number of amides is 1. The SMILES string of the molecule is COc1ccc2[nH]cc(C3CCN(C(=O)Cn4cc([N+](=O)[O-])ccc4=O)CC3)c2c1. The van der Waals surface area contributed by atoms with Crippen LogP contribution >= 0.6 is 0 Å². The molecule has 156 valence electrons. The fourth-order valence-electron chi connectivity index (χ4n) is 4.02. The number of fused-ring (bicyclic) bond motifs is 1. The van der Waals surface area contributed by atoms with Crippen LogP contribution in [-0.2, 0) is 11.3 Å². The first-order valence-corrected chi connectivity index (χ1v) is 9.74. The molecule has 0 aliphatic carbocycles. The highest BCUT2D eigenvalue weighted by Gasteiger charge is 2.26. The number of piperidine rings is 1. The number of hydrogen-bond donors (Lipinski definition) is 1. The lowest BCUT2D eigenvalue weighted by atomic mass is 9.89. The van der Waals surface area contributed by atoms with E-state index in [1.165, 1.54) is 5.56 Å². The molecule has 2 aromatic heterocycles. The Morgan fingerprint density at radius 2 is 2.03 bits per heavy atom. The predicted octanol–water partition coefficient (Wildman–Crippen LogP) is 2.65. The van der Waals surface area contributed by atoms with Crippen molar-refractivity contribution in [1.29, 1.82) is 0 Å². The van der Waals surface area contributed by atoms with Crippen molar-refractivity contribution in [3.05, 3.63) is 68.8 Å². The number of aromatic nitrogens is 2. The quantitative estimate of drug-likeness (QED) is 0.514. The maximum absolute atomic E-state index is 12.7. The maximum atomic E-state index is 12.7. The highest BCUT2D eigenvalue weighted by molar-refractivity contribution is 5.85. The molecule has 0 spiro atoms. The van der Waals surface area contributed by atoms with E-state index in [9.17, 15) is 19.7 Å². The van der Waals surface area contributed by atoms with E-state index in [4.69, 9.17) is 4.74 Å². The van der Waals surface area contributed by atoms with Gasteiger partial charge in [-0.05, 0) is 42.5 Å². The molecule has 1 aliphatic heterocycles. The molecular formula is C21H22N4O5. The molecule has 0 bridgehead atoms. The third-order valence-corrected chi connectivity index (χ3v) is 5.69. The van der Waals surface area contributed by atoms with Crippen LogP contribution in [0.4, 0.5) is 5.69 Å². The van der Waals surface area contributed by atoms with E-state index in [1.54, 1.807) is 12.0 Å². The number of pyridine rings is 1. The van der Waals surface area contributed by atoms with Crippen molar-refractivity contribution in [2.45, 2.75) is 25.3 Å². The molecule has 1 aromatic carbocycles. The number of carbonyl (C=O) groups excluding carboxylic acids is 1. The van der Waals surface area contributed by atoms with Gasteiger partial charge in [0.15, 0.2) is 0 Å². The number of hydrogen-bond acceptors (Lipinski definition) is 5. The first kappa shape index (κ1) is 19.7. The Labute approximate surface area is 172 Å². The number of rotatable bonds is 5. The fraction of sp³-hybridized carbons (Fsp3) is 0.333. The summed E-state index contributed by atoms with van der Waals surface area (Å²) in [5.74, 6) is 0.908. The number of nitrogens with zero attached hydrogens (tertiary/aromatic N) is 3. The summed E-state index contributed by atoms with van der Waals surface area (Å²) in [4.78, 5) is 40.0. The molecule has 0 atom stereocenters. The van der Waals surface area contributed by atoms with Gasteiger partial charge in [-0.1, -0.05) is 0 Å². The van der Waals surface area contributed by atoms with E-state index in [0.717, 1.165) is 52.4 Å². The summed E-state index contributed by atoms with van der Waals surface area (Å²) in [6.07, 6.45) is 4.75. The summed E-state index contributed by atoms with van der Waals surface area (Å²) < 4.78 is 6.43. The molecule has 0 saturated carbocycles. The summed E-state index contributed by atoms with van der Waals surface area (Å²) in [6.45, 7) is 0.948. The fourth-order valence-corrected chi connectivity index (χ4v) is 4.02. The minimum Gasteiger partial charge on any atom is -0.497 e. The Hall–Kier alpha value is -3.62. The predicted molar refractivity (Wildman–Crippen MR) is 111 cm³/mol. The highest BCUT2D eigenvalue weighted by Crippen LogP contribution is 2.34. The van der Waals surface area contributed by atoms with Crippen molar-refractivity contribution in [1.82, 2.24) is 14.5 Å². The number of H-pyrrole nitrogens is 1. The second-order valence-electron chi connectivity index (χ2n) is 7.42. The topological polar surface area (TPSA) is 110 Å². The van der Waals surface area contributed by atoms with Gasteiger partial charge in [0.2, 0.25) is 5.91 Å². The number of nitrogens with one attached hydrogen (secondary N) is 1. The third kappa shape index (κ3) is 3.78. The van der Waals surface area contributed by atoms with Gasteiger partial charge < -0.3 is 14.6 Å². The van der Waals surface area contributed by atoms with E-state index in [2.05, 4.69) is 4.98 Å². The molecule has 1 saturated heterocycles. The normalized spacial score (nSPS) is 14.8. The van der Waals surface area contributed by atoms with Crippen LogP contribution in [0.2, 0.25) is 0 Å². The van der Waals surface area contributed by atoms with Gasteiger partial charge in [-0.2, -0.15) is 0 Å². The molecule has 3 heterocycles. The van der Waals surface area contributed by atoms with Gasteiger partial charge in [0.05, 0.1) is 18.2 Å². The Morgan fingerprint density at radius 1 is 1.27 bits per heavy atom. The molecule has 1 amide bonds. The molecule has 0 radical (unpaired) electrons. The number of nitro groups is 1. The van der Waals surface area contributed by atoms with Crippen LogP contribution in [0.25, 0.3) is 10.9 Å². The first-order chi connectivity index (χ1) is 14.5. The minimum absolute atomic E-state index is 0.199. The molecule has 1 aliphatic rings. The third-order valence-electron chi connectivity index (χ3n) is 5.69. The van der Waals surface area contributed by atoms with Crippen molar-refractivity contribution in [3.63, 3.8) is 0 Å². The van der Waals surface area contributed by atoms with E-state index in [-0.39, 0.29) is 18.1 Å². The number of ether oxygens (including phenoxy) is 1. The van der Waals surface area contributed by atoms with Gasteiger partial charge in [0, 0.05) is 42.3 Å². The summed E-state index contributed by atoms with van der Waals surface area (Å²) in [7, 11) is 1.64. The van der Waals surface area contributed by atoms with Crippen molar-refractivity contribution in [3.8, 4) is 5.75 Å². The monoisotopic (exact) mass is 410 g/mol. The van der Waals surface area contributed by atoms with Gasteiger partial charge in [-0.3, -0.25) is 24.3 Å². The molecule has 9 heteroatoms. The Balaban J connectivity index is 1.44. The molecule has 9 nitrogen and oxygen atoms in total. The second kappa shape index (κ2) is 8.02. The number of likely N-dealkylation sites (tertiary alicyclic amines) is 1. The van der Waals surface area contributed by atoms with Gasteiger partial charge >= 0.3 is 0 Å². The van der Waals surface area contributed by atoms with Crippen LogP contribution < -0.4 is 10.3 Å². The van der Waals surface area contributed by atoms with Gasteiger partial charge in [-0.15, -0.1) is 0 Å². The molecule has 3 aromatic rings. The lowest BCUT2D eigenvalue weighted by Crippen LogP contribution is -2.41. The Morgan fingerprint density at radius 3 is 2.73 bits per heavy atom. The zero-order valence-electron chi connectivity index (χ0n) is 16.5. The number of methoxy groups -OCH3 is 1. The van der Waals surface area contributed by atoms with E-state index < -0.39 is 10.5 Å². The molecule has 0 unspecified atom stereocenters. The van der Waals surface area contributed by atoms with Crippen LogP contribution in [0.15, 0.2) is 47.5 Å². The molecule has 1 fully saturated rings. The summed E-state index contributed by atoms with van der Waals surface area (Å²) in [6, 6.07) is 8.19. The van der Waals surface area contributed by atoms with Crippen LogP contribution in [0.3, 0.4) is 0 Å². The number of carbonyl (C=O) groups is 1. The smallest absolute Gasteiger partial charge is 0.285 e. The Bertz CT molecular complexity index is 1160. The van der Waals surface area contributed by atoms with Crippen molar-refractivity contribution < 1.29 is 14.5 Å². The standard InChI is InChI=1S/C21H22N4O5/c1-30-16-3-4-19-17(10-16)18(11-22-19)14-6-8-23(9-7-14)21(27)13-24-12-15(25(28)29)2-5-20(24)26/h2-5,10-12,14,22H,6-9,13H2,1H3. The lowest BCUT2D eigenvalue weighted by molar-refractivity contribution is -0.385. The summed E-state index contributed by atoms with van der Waals surface area (Å²) in [5, 5.41) is 12.0. The van der Waals surface area contributed by atoms with E-state index >= 15 is 0 Å². The van der Waals surface area contributed by atoms with E-state index in [0.29, 0.717) is 19.0 Å².